The summed E-state index contributed by atoms with van der Waals surface area (Å²) < 4.78 is 9.78. The van der Waals surface area contributed by atoms with Gasteiger partial charge in [0.25, 0.3) is 0 Å². The molecular weight excluding hydrogens is 234 g/mol. The molecule has 1 aromatic rings. The molecule has 0 heterocycles. The Morgan fingerprint density at radius 3 is 2.44 bits per heavy atom. The Morgan fingerprint density at radius 2 is 1.89 bits per heavy atom. The van der Waals surface area contributed by atoms with Gasteiger partial charge in [0.2, 0.25) is 0 Å². The highest BCUT2D eigenvalue weighted by atomic mass is 16.5. The van der Waals surface area contributed by atoms with E-state index in [1.807, 2.05) is 13.8 Å². The van der Waals surface area contributed by atoms with E-state index in [0.29, 0.717) is 5.69 Å². The SMILES string of the molecule is CCOC(=O)C(=O)Nc1cc(C)c(OC)cc1C. The Morgan fingerprint density at radius 1 is 1.22 bits per heavy atom. The molecule has 0 saturated heterocycles. The number of carbonyl (C=O) groups excluding carboxylic acids is 2. The van der Waals surface area contributed by atoms with Crippen molar-refractivity contribution in [3.63, 3.8) is 0 Å². The average Bonchev–Trinajstić information content (AvgIpc) is 2.33. The molecule has 0 unspecified atom stereocenters. The lowest BCUT2D eigenvalue weighted by Crippen LogP contribution is -2.25. The zero-order chi connectivity index (χ0) is 13.7. The van der Waals surface area contributed by atoms with Crippen molar-refractivity contribution >= 4 is 17.6 Å². The Kier molecular flexibility index (Phi) is 4.71. The molecular formula is C13H17NO4. The van der Waals surface area contributed by atoms with Crippen LogP contribution in [0.25, 0.3) is 0 Å². The molecule has 0 aliphatic carbocycles. The maximum absolute atomic E-state index is 11.5. The highest BCUT2D eigenvalue weighted by molar-refractivity contribution is 6.37. The van der Waals surface area contributed by atoms with Crippen molar-refractivity contribution in [2.45, 2.75) is 20.8 Å². The van der Waals surface area contributed by atoms with Crippen LogP contribution in [0.3, 0.4) is 0 Å². The molecule has 1 N–H and O–H groups in total. The molecule has 0 aliphatic rings. The van der Waals surface area contributed by atoms with Crippen LogP contribution in [0.2, 0.25) is 0 Å². The van der Waals surface area contributed by atoms with Gasteiger partial charge >= 0.3 is 11.9 Å². The first-order valence-electron chi connectivity index (χ1n) is 5.63. The second-order valence-electron chi connectivity index (χ2n) is 3.81. The minimum Gasteiger partial charge on any atom is -0.496 e. The van der Waals surface area contributed by atoms with Gasteiger partial charge in [-0.2, -0.15) is 0 Å². The van der Waals surface area contributed by atoms with Crippen LogP contribution in [0.15, 0.2) is 12.1 Å². The summed E-state index contributed by atoms with van der Waals surface area (Å²) in [6, 6.07) is 3.56. The van der Waals surface area contributed by atoms with Gasteiger partial charge in [-0.3, -0.25) is 4.79 Å². The summed E-state index contributed by atoms with van der Waals surface area (Å²) in [5.74, 6) is -0.920. The molecule has 0 aromatic heterocycles. The van der Waals surface area contributed by atoms with Crippen molar-refractivity contribution in [3.05, 3.63) is 23.3 Å². The molecule has 0 aliphatic heterocycles. The number of amides is 1. The third-order valence-electron chi connectivity index (χ3n) is 2.45. The number of carbonyl (C=O) groups is 2. The van der Waals surface area contributed by atoms with Crippen LogP contribution >= 0.6 is 0 Å². The number of methoxy groups -OCH3 is 1. The second kappa shape index (κ2) is 6.05. The van der Waals surface area contributed by atoms with E-state index in [9.17, 15) is 9.59 Å². The van der Waals surface area contributed by atoms with E-state index in [-0.39, 0.29) is 6.61 Å². The van der Waals surface area contributed by atoms with Gasteiger partial charge in [0.1, 0.15) is 5.75 Å². The van der Waals surface area contributed by atoms with Crippen LogP contribution in [0.5, 0.6) is 5.75 Å². The van der Waals surface area contributed by atoms with Crippen molar-refractivity contribution in [1.29, 1.82) is 0 Å². The van der Waals surface area contributed by atoms with Crippen LogP contribution < -0.4 is 10.1 Å². The molecule has 0 bridgehead atoms. The number of aryl methyl sites for hydroxylation is 2. The van der Waals surface area contributed by atoms with Crippen LogP contribution in [0, 0.1) is 13.8 Å². The monoisotopic (exact) mass is 251 g/mol. The molecule has 1 aromatic carbocycles. The molecule has 18 heavy (non-hydrogen) atoms. The summed E-state index contributed by atoms with van der Waals surface area (Å²) >= 11 is 0. The Hall–Kier alpha value is -2.04. The van der Waals surface area contributed by atoms with Crippen LogP contribution in [-0.2, 0) is 14.3 Å². The number of benzene rings is 1. The lowest BCUT2D eigenvalue weighted by molar-refractivity contribution is -0.152. The fourth-order valence-electron chi connectivity index (χ4n) is 1.51. The van der Waals surface area contributed by atoms with Crippen LogP contribution in [0.4, 0.5) is 5.69 Å². The number of nitrogens with one attached hydrogen (secondary N) is 1. The van der Waals surface area contributed by atoms with E-state index >= 15 is 0 Å². The van der Waals surface area contributed by atoms with Crippen molar-refractivity contribution in [1.82, 2.24) is 0 Å². The normalized spacial score (nSPS) is 9.78. The quantitative estimate of drug-likeness (QED) is 0.657. The first kappa shape index (κ1) is 14.0. The predicted molar refractivity (Wildman–Crippen MR) is 67.7 cm³/mol. The van der Waals surface area contributed by atoms with Crippen LogP contribution in [-0.4, -0.2) is 25.6 Å². The van der Waals surface area contributed by atoms with E-state index in [4.69, 9.17) is 4.74 Å². The van der Waals surface area contributed by atoms with Gasteiger partial charge < -0.3 is 14.8 Å². The Balaban J connectivity index is 2.88. The topological polar surface area (TPSA) is 64.6 Å². The van der Waals surface area contributed by atoms with E-state index in [0.717, 1.165) is 16.9 Å². The molecule has 0 atom stereocenters. The molecule has 5 heteroatoms. The van der Waals surface area contributed by atoms with Gasteiger partial charge in [0.05, 0.1) is 13.7 Å². The number of hydrogen-bond donors (Lipinski definition) is 1. The van der Waals surface area contributed by atoms with Crippen molar-refractivity contribution in [2.75, 3.05) is 19.0 Å². The fraction of sp³-hybridized carbons (Fsp3) is 0.385. The molecule has 0 saturated carbocycles. The molecule has 0 spiro atoms. The summed E-state index contributed by atoms with van der Waals surface area (Å²) in [5, 5.41) is 2.52. The number of ether oxygens (including phenoxy) is 2. The molecule has 5 nitrogen and oxygen atoms in total. The summed E-state index contributed by atoms with van der Waals surface area (Å²) in [5.41, 5.74) is 2.27. The summed E-state index contributed by atoms with van der Waals surface area (Å²) in [7, 11) is 1.58. The van der Waals surface area contributed by atoms with E-state index in [1.54, 1.807) is 26.2 Å². The van der Waals surface area contributed by atoms with Gasteiger partial charge in [-0.15, -0.1) is 0 Å². The molecule has 1 rings (SSSR count). The van der Waals surface area contributed by atoms with Gasteiger partial charge in [-0.25, -0.2) is 4.79 Å². The van der Waals surface area contributed by atoms with E-state index < -0.39 is 11.9 Å². The maximum Gasteiger partial charge on any atom is 0.397 e. The van der Waals surface area contributed by atoms with Crippen molar-refractivity contribution in [2.24, 2.45) is 0 Å². The zero-order valence-corrected chi connectivity index (χ0v) is 11.0. The van der Waals surface area contributed by atoms with E-state index in [1.165, 1.54) is 0 Å². The smallest absolute Gasteiger partial charge is 0.397 e. The summed E-state index contributed by atoms with van der Waals surface area (Å²) in [4.78, 5) is 22.7. The van der Waals surface area contributed by atoms with Crippen LogP contribution in [0.1, 0.15) is 18.1 Å². The largest absolute Gasteiger partial charge is 0.496 e. The summed E-state index contributed by atoms with van der Waals surface area (Å²) in [6.45, 7) is 5.50. The number of anilines is 1. The van der Waals surface area contributed by atoms with Gasteiger partial charge in [-0.1, -0.05) is 0 Å². The zero-order valence-electron chi connectivity index (χ0n) is 11.0. The predicted octanol–water partition coefficient (Wildman–Crippen LogP) is 1.81. The summed E-state index contributed by atoms with van der Waals surface area (Å²) in [6.07, 6.45) is 0. The first-order valence-corrected chi connectivity index (χ1v) is 5.63. The second-order valence-corrected chi connectivity index (χ2v) is 3.81. The maximum atomic E-state index is 11.5. The minimum absolute atomic E-state index is 0.173. The molecule has 98 valence electrons. The third-order valence-corrected chi connectivity index (χ3v) is 2.45. The van der Waals surface area contributed by atoms with Gasteiger partial charge in [-0.05, 0) is 44.0 Å². The average molecular weight is 251 g/mol. The first-order chi connectivity index (χ1) is 8.49. The highest BCUT2D eigenvalue weighted by Gasteiger charge is 2.16. The fourth-order valence-corrected chi connectivity index (χ4v) is 1.51. The minimum atomic E-state index is -0.884. The Labute approximate surface area is 106 Å². The van der Waals surface area contributed by atoms with Crippen molar-refractivity contribution < 1.29 is 19.1 Å². The van der Waals surface area contributed by atoms with Crippen molar-refractivity contribution in [3.8, 4) is 5.75 Å². The van der Waals surface area contributed by atoms with Gasteiger partial charge in [0.15, 0.2) is 0 Å². The molecule has 0 radical (unpaired) electrons. The number of rotatable bonds is 3. The molecule has 1 amide bonds. The number of esters is 1. The van der Waals surface area contributed by atoms with E-state index in [2.05, 4.69) is 10.1 Å². The Bertz CT molecular complexity index is 468. The lowest BCUT2D eigenvalue weighted by Gasteiger charge is -2.12. The number of hydrogen-bond acceptors (Lipinski definition) is 4. The van der Waals surface area contributed by atoms with Gasteiger partial charge in [0, 0.05) is 5.69 Å². The standard InChI is InChI=1S/C13H17NO4/c1-5-18-13(16)12(15)14-10-6-9(3)11(17-4)7-8(10)2/h6-7H,5H2,1-4H3,(H,14,15). The lowest BCUT2D eigenvalue weighted by atomic mass is 10.1. The highest BCUT2D eigenvalue weighted by Crippen LogP contribution is 2.25. The molecule has 0 fully saturated rings. The third kappa shape index (κ3) is 3.23.